The van der Waals surface area contributed by atoms with E-state index in [1.54, 1.807) is 6.20 Å². The van der Waals surface area contributed by atoms with E-state index in [0.29, 0.717) is 23.6 Å². The van der Waals surface area contributed by atoms with Gasteiger partial charge in [-0.15, -0.1) is 0 Å². The van der Waals surface area contributed by atoms with Gasteiger partial charge in [0, 0.05) is 24.2 Å². The maximum Gasteiger partial charge on any atom is 0.253 e. The first-order valence-corrected chi connectivity index (χ1v) is 11.1. The third-order valence-corrected chi connectivity index (χ3v) is 5.27. The molecule has 0 spiro atoms. The molecule has 0 saturated carbocycles. The number of anilines is 1. The number of amides is 2. The van der Waals surface area contributed by atoms with Crippen LogP contribution in [0.3, 0.4) is 0 Å². The fourth-order valence-corrected chi connectivity index (χ4v) is 3.72. The number of carbonyl (C=O) groups excluding carboxylic acids is 2. The summed E-state index contributed by atoms with van der Waals surface area (Å²) in [6.45, 7) is 16.1. The van der Waals surface area contributed by atoms with Crippen molar-refractivity contribution in [3.63, 3.8) is 0 Å². The van der Waals surface area contributed by atoms with Gasteiger partial charge in [-0.3, -0.25) is 14.6 Å². The molecule has 0 bridgehead atoms. The molecule has 2 N–H and O–H groups in total. The molecule has 1 aliphatic heterocycles. The van der Waals surface area contributed by atoms with E-state index in [9.17, 15) is 9.59 Å². The summed E-state index contributed by atoms with van der Waals surface area (Å²) in [4.78, 5) is 36.1. The molecular weight excluding hydrogens is 390 g/mol. The van der Waals surface area contributed by atoms with Gasteiger partial charge in [0.2, 0.25) is 5.91 Å². The molecule has 2 amide bonds. The number of nitrogens with zero attached hydrogens (tertiary/aromatic N) is 3. The molecule has 1 aromatic rings. The summed E-state index contributed by atoms with van der Waals surface area (Å²) in [6.07, 6.45) is 8.39. The number of allylic oxidation sites excluding steroid dienone is 1. The Morgan fingerprint density at radius 1 is 1.35 bits per heavy atom. The van der Waals surface area contributed by atoms with E-state index in [2.05, 4.69) is 29.1 Å². The number of unbranched alkanes of at least 4 members (excludes halogenated alkanes) is 1. The minimum absolute atomic E-state index is 0.0288. The van der Waals surface area contributed by atoms with Crippen molar-refractivity contribution in [2.75, 3.05) is 11.9 Å². The third-order valence-electron chi connectivity index (χ3n) is 5.27. The first kappa shape index (κ1) is 24.6. The SMILES string of the molecule is C=CC(=O)N1CC[C@H](Nc2cnc(C)c(/C(=C\CCC)C(=O)NC(C)(C)C)n2)C[C@@H]1C. The van der Waals surface area contributed by atoms with E-state index in [1.807, 2.05) is 45.6 Å². The van der Waals surface area contributed by atoms with Gasteiger partial charge in [0.1, 0.15) is 5.82 Å². The number of hydrogen-bond donors (Lipinski definition) is 2. The van der Waals surface area contributed by atoms with E-state index in [-0.39, 0.29) is 29.4 Å². The Morgan fingerprint density at radius 3 is 2.65 bits per heavy atom. The van der Waals surface area contributed by atoms with E-state index in [4.69, 9.17) is 4.98 Å². The number of aryl methyl sites for hydroxylation is 1. The fraction of sp³-hybridized carbons (Fsp3) is 0.583. The normalized spacial score (nSPS) is 19.7. The topological polar surface area (TPSA) is 87.2 Å². The molecule has 1 aliphatic rings. The molecule has 7 heteroatoms. The largest absolute Gasteiger partial charge is 0.366 e. The van der Waals surface area contributed by atoms with Gasteiger partial charge in [-0.2, -0.15) is 0 Å². The summed E-state index contributed by atoms with van der Waals surface area (Å²) < 4.78 is 0. The molecule has 2 atom stereocenters. The summed E-state index contributed by atoms with van der Waals surface area (Å²) in [5.41, 5.74) is 1.54. The van der Waals surface area contributed by atoms with Gasteiger partial charge >= 0.3 is 0 Å². The lowest BCUT2D eigenvalue weighted by Gasteiger charge is -2.37. The van der Waals surface area contributed by atoms with Crippen molar-refractivity contribution in [2.45, 2.75) is 84.8 Å². The summed E-state index contributed by atoms with van der Waals surface area (Å²) in [7, 11) is 0. The Labute approximate surface area is 186 Å². The molecule has 2 heterocycles. The molecule has 31 heavy (non-hydrogen) atoms. The standard InChI is InChI=1S/C24H37N5O2/c1-8-10-11-19(23(31)28-24(5,6)7)22-17(4)25-15-20(27-22)26-18-12-13-29(16(3)14-18)21(30)9-2/h9,11,15-16,18H,2,8,10,12-14H2,1,3-7H3,(H,26,27)(H,28,31)/b19-11+/t16-,18-/m0/s1. The smallest absolute Gasteiger partial charge is 0.253 e. The Bertz CT molecular complexity index is 841. The zero-order valence-corrected chi connectivity index (χ0v) is 19.8. The van der Waals surface area contributed by atoms with Crippen molar-refractivity contribution in [2.24, 2.45) is 0 Å². The third kappa shape index (κ3) is 6.91. The molecule has 170 valence electrons. The number of likely N-dealkylation sites (tertiary alicyclic amines) is 1. The maximum atomic E-state index is 13.0. The van der Waals surface area contributed by atoms with Crippen LogP contribution < -0.4 is 10.6 Å². The Morgan fingerprint density at radius 2 is 2.06 bits per heavy atom. The minimum atomic E-state index is -0.341. The van der Waals surface area contributed by atoms with Crippen LogP contribution in [0.5, 0.6) is 0 Å². The Hall–Kier alpha value is -2.70. The van der Waals surface area contributed by atoms with Crippen LogP contribution in [0.2, 0.25) is 0 Å². The highest BCUT2D eigenvalue weighted by atomic mass is 16.2. The lowest BCUT2D eigenvalue weighted by Crippen LogP contribution is -2.47. The predicted octanol–water partition coefficient (Wildman–Crippen LogP) is 3.86. The zero-order valence-electron chi connectivity index (χ0n) is 19.8. The van der Waals surface area contributed by atoms with Crippen molar-refractivity contribution in [3.05, 3.63) is 36.3 Å². The van der Waals surface area contributed by atoms with Gasteiger partial charge in [-0.25, -0.2) is 4.98 Å². The number of carbonyl (C=O) groups is 2. The van der Waals surface area contributed by atoms with Crippen molar-refractivity contribution >= 4 is 23.2 Å². The van der Waals surface area contributed by atoms with Crippen molar-refractivity contribution in [1.82, 2.24) is 20.2 Å². The first-order valence-electron chi connectivity index (χ1n) is 11.1. The molecule has 0 aliphatic carbocycles. The average Bonchev–Trinajstić information content (AvgIpc) is 2.68. The summed E-state index contributed by atoms with van der Waals surface area (Å²) in [5.74, 6) is 0.478. The van der Waals surface area contributed by atoms with Gasteiger partial charge in [-0.1, -0.05) is 26.0 Å². The second-order valence-electron chi connectivity index (χ2n) is 9.25. The Kier molecular flexibility index (Phi) is 8.36. The zero-order chi connectivity index (χ0) is 23.2. The highest BCUT2D eigenvalue weighted by Crippen LogP contribution is 2.23. The second kappa shape index (κ2) is 10.6. The van der Waals surface area contributed by atoms with E-state index in [1.165, 1.54) is 6.08 Å². The summed E-state index contributed by atoms with van der Waals surface area (Å²) >= 11 is 0. The number of rotatable bonds is 7. The van der Waals surface area contributed by atoms with Gasteiger partial charge < -0.3 is 15.5 Å². The lowest BCUT2D eigenvalue weighted by atomic mass is 9.98. The number of nitrogens with one attached hydrogen (secondary N) is 2. The molecule has 7 nitrogen and oxygen atoms in total. The number of aromatic nitrogens is 2. The Balaban J connectivity index is 2.22. The van der Waals surface area contributed by atoms with Crippen molar-refractivity contribution in [1.29, 1.82) is 0 Å². The molecule has 0 radical (unpaired) electrons. The van der Waals surface area contributed by atoms with Gasteiger partial charge in [0.25, 0.3) is 5.91 Å². The quantitative estimate of drug-likeness (QED) is 0.645. The predicted molar refractivity (Wildman–Crippen MR) is 126 cm³/mol. The first-order chi connectivity index (χ1) is 14.6. The molecule has 2 rings (SSSR count). The molecule has 1 aromatic heterocycles. The maximum absolute atomic E-state index is 13.0. The van der Waals surface area contributed by atoms with Crippen molar-refractivity contribution in [3.8, 4) is 0 Å². The molecule has 0 unspecified atom stereocenters. The van der Waals surface area contributed by atoms with Crippen LogP contribution in [0.1, 0.15) is 71.7 Å². The van der Waals surface area contributed by atoms with Crippen LogP contribution in [0.25, 0.3) is 5.57 Å². The lowest BCUT2D eigenvalue weighted by molar-refractivity contribution is -0.129. The van der Waals surface area contributed by atoms with Crippen LogP contribution in [0.15, 0.2) is 24.9 Å². The van der Waals surface area contributed by atoms with Gasteiger partial charge in [0.15, 0.2) is 0 Å². The van der Waals surface area contributed by atoms with Crippen LogP contribution in [0, 0.1) is 6.92 Å². The second-order valence-corrected chi connectivity index (χ2v) is 9.25. The summed E-state index contributed by atoms with van der Waals surface area (Å²) in [6, 6.07) is 0.299. The summed E-state index contributed by atoms with van der Waals surface area (Å²) in [5, 5.41) is 6.50. The molecule has 1 fully saturated rings. The van der Waals surface area contributed by atoms with Crippen LogP contribution in [-0.2, 0) is 9.59 Å². The van der Waals surface area contributed by atoms with E-state index >= 15 is 0 Å². The molecule has 1 saturated heterocycles. The minimum Gasteiger partial charge on any atom is -0.366 e. The van der Waals surface area contributed by atoms with Gasteiger partial charge in [-0.05, 0) is 60.0 Å². The van der Waals surface area contributed by atoms with Crippen LogP contribution >= 0.6 is 0 Å². The van der Waals surface area contributed by atoms with Gasteiger partial charge in [0.05, 0.1) is 23.2 Å². The molecular formula is C24H37N5O2. The average molecular weight is 428 g/mol. The van der Waals surface area contributed by atoms with Crippen LogP contribution in [-0.4, -0.2) is 50.8 Å². The fourth-order valence-electron chi connectivity index (χ4n) is 3.72. The number of piperidine rings is 1. The molecule has 0 aromatic carbocycles. The van der Waals surface area contributed by atoms with Crippen LogP contribution in [0.4, 0.5) is 5.82 Å². The number of hydrogen-bond acceptors (Lipinski definition) is 5. The highest BCUT2D eigenvalue weighted by molar-refractivity contribution is 6.19. The van der Waals surface area contributed by atoms with Crippen molar-refractivity contribution < 1.29 is 9.59 Å². The van der Waals surface area contributed by atoms with E-state index < -0.39 is 0 Å². The van der Waals surface area contributed by atoms with E-state index in [0.717, 1.165) is 31.4 Å². The monoisotopic (exact) mass is 427 g/mol. The highest BCUT2D eigenvalue weighted by Gasteiger charge is 2.28.